The van der Waals surface area contributed by atoms with E-state index in [1.54, 1.807) is 4.90 Å². The Hall–Kier alpha value is -2.76. The van der Waals surface area contributed by atoms with E-state index in [0.29, 0.717) is 18.7 Å². The smallest absolute Gasteiger partial charge is 0.253 e. The van der Waals surface area contributed by atoms with Crippen LogP contribution in [0.2, 0.25) is 0 Å². The van der Waals surface area contributed by atoms with Crippen LogP contribution in [0.4, 0.5) is 0 Å². The number of amides is 1. The first kappa shape index (κ1) is 19.6. The molecular weight excluding hydrogens is 362 g/mol. The van der Waals surface area contributed by atoms with Crippen molar-refractivity contribution in [1.82, 2.24) is 14.8 Å². The highest BCUT2D eigenvalue weighted by atomic mass is 16.3. The summed E-state index contributed by atoms with van der Waals surface area (Å²) >= 11 is 0. The molecule has 4 rings (SSSR count). The summed E-state index contributed by atoms with van der Waals surface area (Å²) in [5.74, 6) is 0.185. The predicted octanol–water partition coefficient (Wildman–Crippen LogP) is 3.29. The van der Waals surface area contributed by atoms with Crippen LogP contribution in [0.5, 0.6) is 0 Å². The van der Waals surface area contributed by atoms with Crippen molar-refractivity contribution in [1.29, 1.82) is 0 Å². The van der Waals surface area contributed by atoms with Crippen molar-refractivity contribution in [2.45, 2.75) is 12.5 Å². The quantitative estimate of drug-likeness (QED) is 0.744. The van der Waals surface area contributed by atoms with Gasteiger partial charge in [-0.15, -0.1) is 0 Å². The molecule has 5 heteroatoms. The van der Waals surface area contributed by atoms with Gasteiger partial charge < -0.3 is 14.9 Å². The summed E-state index contributed by atoms with van der Waals surface area (Å²) in [5.41, 5.74) is 2.64. The first-order valence-electron chi connectivity index (χ1n) is 10.1. The monoisotopic (exact) mass is 389 g/mol. The third-order valence-electron chi connectivity index (χ3n) is 5.70. The van der Waals surface area contributed by atoms with Gasteiger partial charge in [0.15, 0.2) is 0 Å². The average molecular weight is 389 g/mol. The lowest BCUT2D eigenvalue weighted by molar-refractivity contribution is 0.0124. The standard InChI is InChI=1S/C24H27N3O2/c1-26(2)15-20-10-11-27(16-23(20)28)24(29)18-8-5-7-17(12-18)22-14-25-13-19-6-3-4-9-21(19)22/h3-9,12-14,20,23,28H,10-11,15-16H2,1-2H3. The van der Waals surface area contributed by atoms with Gasteiger partial charge in [0.05, 0.1) is 6.10 Å². The van der Waals surface area contributed by atoms with Crippen LogP contribution < -0.4 is 0 Å². The molecule has 3 aromatic rings. The van der Waals surface area contributed by atoms with E-state index in [4.69, 9.17) is 0 Å². The summed E-state index contributed by atoms with van der Waals surface area (Å²) in [5, 5.41) is 12.7. The molecule has 2 heterocycles. The molecule has 1 aromatic heterocycles. The molecule has 1 fully saturated rings. The molecule has 2 unspecified atom stereocenters. The molecule has 0 aliphatic carbocycles. The molecular formula is C24H27N3O2. The van der Waals surface area contributed by atoms with Crippen LogP contribution in [0.15, 0.2) is 60.9 Å². The van der Waals surface area contributed by atoms with E-state index < -0.39 is 6.10 Å². The van der Waals surface area contributed by atoms with E-state index in [-0.39, 0.29) is 11.8 Å². The lowest BCUT2D eigenvalue weighted by atomic mass is 9.92. The highest BCUT2D eigenvalue weighted by Gasteiger charge is 2.30. The van der Waals surface area contributed by atoms with Crippen molar-refractivity contribution in [3.8, 4) is 11.1 Å². The van der Waals surface area contributed by atoms with Gasteiger partial charge in [-0.1, -0.05) is 36.4 Å². The molecule has 1 amide bonds. The minimum Gasteiger partial charge on any atom is -0.391 e. The summed E-state index contributed by atoms with van der Waals surface area (Å²) in [6.07, 6.45) is 4.04. The van der Waals surface area contributed by atoms with E-state index in [1.165, 1.54) is 0 Å². The lowest BCUT2D eigenvalue weighted by Crippen LogP contribution is -2.49. The second-order valence-electron chi connectivity index (χ2n) is 8.12. The Kier molecular flexibility index (Phi) is 5.60. The van der Waals surface area contributed by atoms with E-state index >= 15 is 0 Å². The molecule has 150 valence electrons. The van der Waals surface area contributed by atoms with Crippen molar-refractivity contribution in [3.05, 3.63) is 66.5 Å². The van der Waals surface area contributed by atoms with Gasteiger partial charge in [0.2, 0.25) is 0 Å². The van der Waals surface area contributed by atoms with Gasteiger partial charge in [0.1, 0.15) is 0 Å². The number of benzene rings is 2. The van der Waals surface area contributed by atoms with Crippen LogP contribution in [0.3, 0.4) is 0 Å². The maximum absolute atomic E-state index is 13.1. The Morgan fingerprint density at radius 1 is 1.17 bits per heavy atom. The average Bonchev–Trinajstić information content (AvgIpc) is 2.74. The number of carbonyl (C=O) groups excluding carboxylic acids is 1. The van der Waals surface area contributed by atoms with Crippen molar-refractivity contribution < 1.29 is 9.90 Å². The number of aromatic nitrogens is 1. The summed E-state index contributed by atoms with van der Waals surface area (Å²) < 4.78 is 0. The number of carbonyl (C=O) groups is 1. The molecule has 1 N–H and O–H groups in total. The van der Waals surface area contributed by atoms with E-state index in [9.17, 15) is 9.90 Å². The van der Waals surface area contributed by atoms with Crippen LogP contribution in [-0.2, 0) is 0 Å². The number of hydrogen-bond donors (Lipinski definition) is 1. The maximum atomic E-state index is 13.1. The van der Waals surface area contributed by atoms with Crippen molar-refractivity contribution in [2.24, 2.45) is 5.92 Å². The predicted molar refractivity (Wildman–Crippen MR) is 116 cm³/mol. The zero-order chi connectivity index (χ0) is 20.4. The number of piperidine rings is 1. The fourth-order valence-electron chi connectivity index (χ4n) is 4.20. The fraction of sp³-hybridized carbons (Fsp3) is 0.333. The maximum Gasteiger partial charge on any atom is 0.253 e. The molecule has 0 saturated carbocycles. The lowest BCUT2D eigenvalue weighted by Gasteiger charge is -2.37. The molecule has 1 saturated heterocycles. The summed E-state index contributed by atoms with van der Waals surface area (Å²) in [4.78, 5) is 21.3. The SMILES string of the molecule is CN(C)CC1CCN(C(=O)c2cccc(-c3cncc4ccccc34)c2)CC1O. The van der Waals surface area contributed by atoms with E-state index in [1.807, 2.05) is 69.0 Å². The third kappa shape index (κ3) is 4.16. The Morgan fingerprint density at radius 2 is 2.00 bits per heavy atom. The second-order valence-corrected chi connectivity index (χ2v) is 8.12. The van der Waals surface area contributed by atoms with Crippen LogP contribution in [0.25, 0.3) is 21.9 Å². The number of hydrogen-bond acceptors (Lipinski definition) is 4. The zero-order valence-electron chi connectivity index (χ0n) is 17.0. The Balaban J connectivity index is 1.57. The topological polar surface area (TPSA) is 56.7 Å². The van der Waals surface area contributed by atoms with Crippen molar-refractivity contribution >= 4 is 16.7 Å². The van der Waals surface area contributed by atoms with Gasteiger partial charge in [0, 0.05) is 54.5 Å². The van der Waals surface area contributed by atoms with Gasteiger partial charge in [-0.3, -0.25) is 9.78 Å². The molecule has 0 bridgehead atoms. The molecule has 2 atom stereocenters. The van der Waals surface area contributed by atoms with E-state index in [2.05, 4.69) is 16.0 Å². The number of pyridine rings is 1. The summed E-state index contributed by atoms with van der Waals surface area (Å²) in [6.45, 7) is 1.90. The molecule has 1 aliphatic heterocycles. The molecule has 29 heavy (non-hydrogen) atoms. The van der Waals surface area contributed by atoms with Gasteiger partial charge in [0.25, 0.3) is 5.91 Å². The van der Waals surface area contributed by atoms with Gasteiger partial charge in [-0.2, -0.15) is 0 Å². The van der Waals surface area contributed by atoms with Crippen LogP contribution in [0, 0.1) is 5.92 Å². The molecule has 5 nitrogen and oxygen atoms in total. The number of β-amino-alcohol motifs (C(OH)–C–C–N with tert-alkyl or cyclic N) is 1. The van der Waals surface area contributed by atoms with Crippen LogP contribution in [0.1, 0.15) is 16.8 Å². The van der Waals surface area contributed by atoms with Gasteiger partial charge in [-0.25, -0.2) is 0 Å². The van der Waals surface area contributed by atoms with E-state index in [0.717, 1.165) is 34.9 Å². The first-order chi connectivity index (χ1) is 14.0. The largest absolute Gasteiger partial charge is 0.391 e. The number of likely N-dealkylation sites (tertiary alicyclic amines) is 1. The Bertz CT molecular complexity index is 1010. The minimum atomic E-state index is -0.486. The number of aliphatic hydroxyl groups excluding tert-OH is 1. The third-order valence-corrected chi connectivity index (χ3v) is 5.70. The zero-order valence-corrected chi connectivity index (χ0v) is 17.0. The fourth-order valence-corrected chi connectivity index (χ4v) is 4.20. The number of aliphatic hydroxyl groups is 1. The van der Waals surface area contributed by atoms with Crippen LogP contribution >= 0.6 is 0 Å². The molecule has 0 radical (unpaired) electrons. The first-order valence-corrected chi connectivity index (χ1v) is 10.1. The number of nitrogens with zero attached hydrogens (tertiary/aromatic N) is 3. The second kappa shape index (κ2) is 8.31. The van der Waals surface area contributed by atoms with Crippen molar-refractivity contribution in [3.63, 3.8) is 0 Å². The molecule has 0 spiro atoms. The Morgan fingerprint density at radius 3 is 2.79 bits per heavy atom. The molecule has 1 aliphatic rings. The number of fused-ring (bicyclic) bond motifs is 1. The van der Waals surface area contributed by atoms with Crippen molar-refractivity contribution in [2.75, 3.05) is 33.7 Å². The molecule has 2 aromatic carbocycles. The highest BCUT2D eigenvalue weighted by molar-refractivity contribution is 5.99. The number of rotatable bonds is 4. The van der Waals surface area contributed by atoms with Gasteiger partial charge in [-0.05, 0) is 43.6 Å². The minimum absolute atomic E-state index is 0.0256. The van der Waals surface area contributed by atoms with Crippen LogP contribution in [-0.4, -0.2) is 65.6 Å². The highest BCUT2D eigenvalue weighted by Crippen LogP contribution is 2.29. The van der Waals surface area contributed by atoms with Gasteiger partial charge >= 0.3 is 0 Å². The normalized spacial score (nSPS) is 19.7. The summed E-state index contributed by atoms with van der Waals surface area (Å²) in [7, 11) is 4.02. The Labute approximate surface area is 171 Å². The summed E-state index contributed by atoms with van der Waals surface area (Å²) in [6, 6.07) is 15.8.